The Hall–Kier alpha value is -2.45. The van der Waals surface area contributed by atoms with E-state index < -0.39 is 5.03 Å². The second-order valence-electron chi connectivity index (χ2n) is 2.16. The first-order valence-corrected chi connectivity index (χ1v) is 3.41. The van der Waals surface area contributed by atoms with Gasteiger partial charge >= 0.3 is 5.90 Å². The third kappa shape index (κ3) is 1.37. The Morgan fingerprint density at radius 1 is 1.57 bits per heavy atom. The van der Waals surface area contributed by atoms with Crippen molar-refractivity contribution in [3.63, 3.8) is 0 Å². The standard InChI is InChI=1S/C5H3N5O4/c11-10(12)9-2-1-4(7-9)5-8-13-3-6-14-5/h1-3H. The van der Waals surface area contributed by atoms with E-state index in [2.05, 4.69) is 25.1 Å². The summed E-state index contributed by atoms with van der Waals surface area (Å²) in [5, 5.41) is 19.8. The number of oxime groups is 2. The van der Waals surface area contributed by atoms with Crippen LogP contribution in [0.3, 0.4) is 0 Å². The molecule has 2 heterocycles. The lowest BCUT2D eigenvalue weighted by atomic mass is 10.4. The van der Waals surface area contributed by atoms with E-state index in [9.17, 15) is 10.1 Å². The molecule has 0 aliphatic carbocycles. The molecule has 0 saturated carbocycles. The van der Waals surface area contributed by atoms with E-state index in [1.165, 1.54) is 6.07 Å². The predicted molar refractivity (Wildman–Crippen MR) is 41.8 cm³/mol. The van der Waals surface area contributed by atoms with Crippen molar-refractivity contribution in [3.05, 3.63) is 28.1 Å². The van der Waals surface area contributed by atoms with Crippen molar-refractivity contribution in [1.82, 2.24) is 9.89 Å². The average Bonchev–Trinajstić information content (AvgIpc) is 2.68. The van der Waals surface area contributed by atoms with Crippen molar-refractivity contribution in [2.24, 2.45) is 10.3 Å². The minimum Gasteiger partial charge on any atom is -0.339 e. The van der Waals surface area contributed by atoms with Crippen molar-refractivity contribution < 1.29 is 14.7 Å². The number of hydrogen-bond acceptors (Lipinski definition) is 7. The first-order chi connectivity index (χ1) is 6.77. The van der Waals surface area contributed by atoms with Crippen LogP contribution in [0.2, 0.25) is 0 Å². The molecular formula is C5H3N5O4. The summed E-state index contributed by atoms with van der Waals surface area (Å²) in [7, 11) is 0. The largest absolute Gasteiger partial charge is 0.339 e. The van der Waals surface area contributed by atoms with Crippen molar-refractivity contribution in [2.45, 2.75) is 0 Å². The summed E-state index contributed by atoms with van der Waals surface area (Å²) in [6.07, 6.45) is 2.13. The topological polar surface area (TPSA) is 104 Å². The van der Waals surface area contributed by atoms with Gasteiger partial charge in [-0.3, -0.25) is 0 Å². The molecule has 0 unspecified atom stereocenters. The summed E-state index contributed by atoms with van der Waals surface area (Å²) in [4.78, 5) is 19.9. The SMILES string of the molecule is O=[N+]([O-])n1ccc(C2=NOC=NO2)n1. The number of nitro groups is 1. The first-order valence-electron chi connectivity index (χ1n) is 3.41. The van der Waals surface area contributed by atoms with E-state index in [1.807, 2.05) is 0 Å². The van der Waals surface area contributed by atoms with Crippen LogP contribution in [-0.2, 0) is 9.68 Å². The van der Waals surface area contributed by atoms with Crippen LogP contribution >= 0.6 is 0 Å². The molecule has 14 heavy (non-hydrogen) atoms. The highest BCUT2D eigenvalue weighted by atomic mass is 16.7. The van der Waals surface area contributed by atoms with E-state index in [0.717, 1.165) is 12.6 Å². The van der Waals surface area contributed by atoms with Crippen molar-refractivity contribution >= 4 is 12.3 Å². The van der Waals surface area contributed by atoms with Crippen LogP contribution in [0.15, 0.2) is 22.6 Å². The number of nitrogens with zero attached hydrogens (tertiary/aromatic N) is 5. The molecule has 9 nitrogen and oxygen atoms in total. The third-order valence-corrected chi connectivity index (χ3v) is 1.33. The van der Waals surface area contributed by atoms with Gasteiger partial charge in [-0.05, 0) is 10.3 Å². The molecule has 0 bridgehead atoms. The Kier molecular flexibility index (Phi) is 1.82. The molecule has 0 radical (unpaired) electrons. The molecule has 0 fully saturated rings. The molecule has 0 amide bonds. The van der Waals surface area contributed by atoms with Gasteiger partial charge in [-0.25, -0.2) is 0 Å². The highest BCUT2D eigenvalue weighted by Gasteiger charge is 2.19. The van der Waals surface area contributed by atoms with E-state index >= 15 is 0 Å². The minimum atomic E-state index is -0.697. The number of aromatic nitrogens is 2. The molecule has 2 rings (SSSR count). The lowest BCUT2D eigenvalue weighted by Gasteiger charge is -1.99. The summed E-state index contributed by atoms with van der Waals surface area (Å²) >= 11 is 0. The molecule has 72 valence electrons. The normalized spacial score (nSPS) is 14.1. The molecule has 0 atom stereocenters. The summed E-state index contributed by atoms with van der Waals surface area (Å²) in [6, 6.07) is 1.35. The Labute approximate surface area is 76.3 Å². The lowest BCUT2D eigenvalue weighted by Crippen LogP contribution is -2.13. The van der Waals surface area contributed by atoms with E-state index in [-0.39, 0.29) is 11.6 Å². The van der Waals surface area contributed by atoms with Crippen LogP contribution in [-0.4, -0.2) is 27.2 Å². The van der Waals surface area contributed by atoms with Gasteiger partial charge in [-0.15, -0.1) is 0 Å². The maximum absolute atomic E-state index is 10.3. The molecular weight excluding hydrogens is 194 g/mol. The Morgan fingerprint density at radius 2 is 2.43 bits per heavy atom. The quantitative estimate of drug-likeness (QED) is 0.472. The Morgan fingerprint density at radius 3 is 3.00 bits per heavy atom. The Balaban J connectivity index is 2.24. The first kappa shape index (κ1) is 8.16. The fourth-order valence-corrected chi connectivity index (χ4v) is 0.792. The molecule has 9 heteroatoms. The van der Waals surface area contributed by atoms with E-state index in [1.54, 1.807) is 0 Å². The van der Waals surface area contributed by atoms with E-state index in [4.69, 9.17) is 0 Å². The fraction of sp³-hybridized carbons (Fsp3) is 0. The summed E-state index contributed by atoms with van der Waals surface area (Å²) in [6.45, 7) is 0. The van der Waals surface area contributed by atoms with Crippen LogP contribution < -0.4 is 0 Å². The van der Waals surface area contributed by atoms with Crippen LogP contribution in [0.5, 0.6) is 0 Å². The van der Waals surface area contributed by atoms with Crippen molar-refractivity contribution in [1.29, 1.82) is 0 Å². The molecule has 0 aromatic carbocycles. The van der Waals surface area contributed by atoms with E-state index in [0.29, 0.717) is 4.79 Å². The zero-order valence-electron chi connectivity index (χ0n) is 6.60. The monoisotopic (exact) mass is 197 g/mol. The predicted octanol–water partition coefficient (Wildman–Crippen LogP) is -0.425. The van der Waals surface area contributed by atoms with Gasteiger partial charge in [0.2, 0.25) is 6.40 Å². The van der Waals surface area contributed by atoms with Crippen molar-refractivity contribution in [3.8, 4) is 0 Å². The van der Waals surface area contributed by atoms with Gasteiger partial charge in [0, 0.05) is 10.9 Å². The fourth-order valence-electron chi connectivity index (χ4n) is 0.792. The maximum Gasteiger partial charge on any atom is 0.337 e. The molecule has 0 spiro atoms. The summed E-state index contributed by atoms with van der Waals surface area (Å²) < 4.78 is 0. The van der Waals surface area contributed by atoms with Crippen LogP contribution in [0.1, 0.15) is 5.69 Å². The highest BCUT2D eigenvalue weighted by Crippen LogP contribution is 2.03. The number of rotatable bonds is 2. The van der Waals surface area contributed by atoms with Gasteiger partial charge in [-0.2, -0.15) is 0 Å². The molecule has 0 saturated heterocycles. The summed E-state index contributed by atoms with van der Waals surface area (Å²) in [5.74, 6) is -0.0342. The van der Waals surface area contributed by atoms with Gasteiger partial charge in [0.05, 0.1) is 10.1 Å². The zero-order valence-corrected chi connectivity index (χ0v) is 6.60. The molecule has 1 aromatic heterocycles. The molecule has 1 aliphatic heterocycles. The van der Waals surface area contributed by atoms with Gasteiger partial charge in [0.25, 0.3) is 5.69 Å². The smallest absolute Gasteiger partial charge is 0.337 e. The van der Waals surface area contributed by atoms with Crippen molar-refractivity contribution in [2.75, 3.05) is 0 Å². The second kappa shape index (κ2) is 3.12. The van der Waals surface area contributed by atoms with Gasteiger partial charge in [0.15, 0.2) is 0 Å². The molecule has 1 aromatic rings. The number of hydrogen-bond donors (Lipinski definition) is 0. The third-order valence-electron chi connectivity index (χ3n) is 1.33. The Bertz CT molecular complexity index is 422. The maximum atomic E-state index is 10.3. The van der Waals surface area contributed by atoms with Crippen LogP contribution in [0.4, 0.5) is 0 Å². The molecule has 0 N–H and O–H groups in total. The zero-order chi connectivity index (χ0) is 9.97. The lowest BCUT2D eigenvalue weighted by molar-refractivity contribution is -0.552. The summed E-state index contributed by atoms with van der Waals surface area (Å²) in [5.41, 5.74) is 0.165. The molecule has 1 aliphatic rings. The minimum absolute atomic E-state index is 0.0342. The van der Waals surface area contributed by atoms with Crippen LogP contribution in [0, 0.1) is 10.1 Å². The van der Waals surface area contributed by atoms with Gasteiger partial charge < -0.3 is 19.8 Å². The van der Waals surface area contributed by atoms with Gasteiger partial charge in [-0.1, -0.05) is 0 Å². The highest BCUT2D eigenvalue weighted by molar-refractivity contribution is 5.92. The second-order valence-corrected chi connectivity index (χ2v) is 2.16. The average molecular weight is 197 g/mol. The van der Waals surface area contributed by atoms with Crippen LogP contribution in [0.25, 0.3) is 0 Å². The van der Waals surface area contributed by atoms with Gasteiger partial charge in [0.1, 0.15) is 6.20 Å².